The maximum absolute atomic E-state index is 10.7. The van der Waals surface area contributed by atoms with E-state index in [9.17, 15) is 4.79 Å². The molecule has 0 bridgehead atoms. The zero-order valence-corrected chi connectivity index (χ0v) is 7.60. The molecule has 0 aromatic carbocycles. The lowest BCUT2D eigenvalue weighted by Crippen LogP contribution is -2.08. The Kier molecular flexibility index (Phi) is 1.96. The first-order valence-corrected chi connectivity index (χ1v) is 4.24. The van der Waals surface area contributed by atoms with E-state index in [1.54, 1.807) is 31.5 Å². The topological polar surface area (TPSA) is 63.3 Å². The molecule has 0 saturated heterocycles. The van der Waals surface area contributed by atoms with Gasteiger partial charge in [-0.15, -0.1) is 0 Å². The number of aromatic nitrogens is 1. The minimum absolute atomic E-state index is 0.548. The van der Waals surface area contributed by atoms with Crippen LogP contribution in [0.4, 0.5) is 0 Å². The van der Waals surface area contributed by atoms with Gasteiger partial charge in [0.25, 0.3) is 0 Å². The lowest BCUT2D eigenvalue weighted by atomic mass is 10.1. The summed E-state index contributed by atoms with van der Waals surface area (Å²) in [5.41, 5.74) is 1.22. The Morgan fingerprint density at radius 1 is 1.64 bits per heavy atom. The fourth-order valence-electron chi connectivity index (χ4n) is 1.25. The van der Waals surface area contributed by atoms with E-state index in [4.69, 9.17) is 9.52 Å². The number of pyridine rings is 1. The summed E-state index contributed by atoms with van der Waals surface area (Å²) in [7, 11) is 0. The summed E-state index contributed by atoms with van der Waals surface area (Å²) in [5, 5.41) is 9.67. The highest BCUT2D eigenvalue weighted by molar-refractivity contribution is 5.80. The molecule has 1 unspecified atom stereocenters. The van der Waals surface area contributed by atoms with Crippen LogP contribution in [-0.2, 0) is 4.79 Å². The number of nitrogens with zero attached hydrogens (tertiary/aromatic N) is 1. The van der Waals surface area contributed by atoms with Crippen molar-refractivity contribution in [2.75, 3.05) is 0 Å². The van der Waals surface area contributed by atoms with Crippen LogP contribution in [0.3, 0.4) is 0 Å². The number of carboxylic acid groups (broad SMARTS) is 1. The van der Waals surface area contributed by atoms with Crippen molar-refractivity contribution in [1.29, 1.82) is 0 Å². The van der Waals surface area contributed by atoms with Gasteiger partial charge >= 0.3 is 5.97 Å². The molecule has 0 radical (unpaired) electrons. The molecular weight excluding hydrogens is 182 g/mol. The fraction of sp³-hybridized carbons (Fsp3) is 0.200. The number of hydrogen-bond donors (Lipinski definition) is 1. The smallest absolute Gasteiger partial charge is 0.312 e. The second kappa shape index (κ2) is 3.14. The number of fused-ring (bicyclic) bond motifs is 1. The van der Waals surface area contributed by atoms with Gasteiger partial charge in [-0.3, -0.25) is 9.78 Å². The van der Waals surface area contributed by atoms with Crippen molar-refractivity contribution in [3.8, 4) is 0 Å². The van der Waals surface area contributed by atoms with Gasteiger partial charge in [0.1, 0.15) is 0 Å². The minimum Gasteiger partial charge on any atom is -0.481 e. The number of carbonyl (C=O) groups is 1. The Balaban J connectivity index is 2.48. The van der Waals surface area contributed by atoms with Crippen molar-refractivity contribution in [3.05, 3.63) is 30.3 Å². The molecule has 14 heavy (non-hydrogen) atoms. The first kappa shape index (κ1) is 8.74. The molecular formula is C10H9NO3. The molecule has 1 N–H and O–H groups in total. The number of furan rings is 1. The maximum atomic E-state index is 10.7. The molecule has 2 rings (SSSR count). The zero-order valence-electron chi connectivity index (χ0n) is 7.60. The lowest BCUT2D eigenvalue weighted by molar-refractivity contribution is -0.138. The lowest BCUT2D eigenvalue weighted by Gasteiger charge is -2.04. The van der Waals surface area contributed by atoms with Gasteiger partial charge in [0.05, 0.1) is 24.1 Å². The molecule has 0 aliphatic rings. The molecule has 0 saturated carbocycles. The summed E-state index contributed by atoms with van der Waals surface area (Å²) in [5.74, 6) is -1.46. The fourth-order valence-corrected chi connectivity index (χ4v) is 1.25. The number of hydrogen-bond acceptors (Lipinski definition) is 3. The van der Waals surface area contributed by atoms with E-state index in [-0.39, 0.29) is 0 Å². The number of rotatable bonds is 2. The highest BCUT2D eigenvalue weighted by Gasteiger charge is 2.15. The Labute approximate surface area is 80.2 Å². The molecule has 0 amide bonds. The van der Waals surface area contributed by atoms with Crippen LogP contribution in [0.25, 0.3) is 11.0 Å². The van der Waals surface area contributed by atoms with Crippen molar-refractivity contribution < 1.29 is 14.3 Å². The predicted molar refractivity (Wildman–Crippen MR) is 50.1 cm³/mol. The van der Waals surface area contributed by atoms with Gasteiger partial charge in [0.15, 0.2) is 5.58 Å². The summed E-state index contributed by atoms with van der Waals surface area (Å²) in [6, 6.07) is 3.52. The van der Waals surface area contributed by atoms with Crippen LogP contribution in [0.1, 0.15) is 18.5 Å². The van der Waals surface area contributed by atoms with Crippen molar-refractivity contribution in [2.45, 2.75) is 12.8 Å². The summed E-state index contributed by atoms with van der Waals surface area (Å²) in [6.07, 6.45) is 3.10. The van der Waals surface area contributed by atoms with Crippen molar-refractivity contribution >= 4 is 16.9 Å². The monoisotopic (exact) mass is 191 g/mol. The summed E-state index contributed by atoms with van der Waals surface area (Å²) in [6.45, 7) is 1.61. The standard InChI is InChI=1S/C10H9NO3/c1-6(10(12)13)8-4-7-2-3-14-9(7)5-11-8/h2-6H,1H3,(H,12,13). The third kappa shape index (κ3) is 1.35. The maximum Gasteiger partial charge on any atom is 0.312 e. The molecule has 0 aliphatic heterocycles. The third-order valence-electron chi connectivity index (χ3n) is 2.18. The molecule has 2 aromatic heterocycles. The van der Waals surface area contributed by atoms with Gasteiger partial charge in [0.2, 0.25) is 0 Å². The average molecular weight is 191 g/mol. The van der Waals surface area contributed by atoms with Gasteiger partial charge in [0, 0.05) is 5.39 Å². The van der Waals surface area contributed by atoms with E-state index < -0.39 is 11.9 Å². The predicted octanol–water partition coefficient (Wildman–Crippen LogP) is 2.02. The van der Waals surface area contributed by atoms with E-state index >= 15 is 0 Å². The highest BCUT2D eigenvalue weighted by Crippen LogP contribution is 2.19. The average Bonchev–Trinajstić information content (AvgIpc) is 2.62. The van der Waals surface area contributed by atoms with Gasteiger partial charge in [-0.2, -0.15) is 0 Å². The second-order valence-corrected chi connectivity index (χ2v) is 3.13. The van der Waals surface area contributed by atoms with Crippen molar-refractivity contribution in [1.82, 2.24) is 4.98 Å². The SMILES string of the molecule is CC(C(=O)O)c1cc2ccoc2cn1. The summed E-state index contributed by atoms with van der Waals surface area (Å²) < 4.78 is 5.10. The van der Waals surface area contributed by atoms with Crippen molar-refractivity contribution in [3.63, 3.8) is 0 Å². The molecule has 4 nitrogen and oxygen atoms in total. The van der Waals surface area contributed by atoms with Crippen LogP contribution in [-0.4, -0.2) is 16.1 Å². The molecule has 0 aliphatic carbocycles. The van der Waals surface area contributed by atoms with E-state index in [2.05, 4.69) is 4.98 Å². The highest BCUT2D eigenvalue weighted by atomic mass is 16.4. The first-order chi connectivity index (χ1) is 6.68. The molecule has 2 heterocycles. The normalized spacial score (nSPS) is 12.9. The van der Waals surface area contributed by atoms with Gasteiger partial charge in [-0.25, -0.2) is 0 Å². The van der Waals surface area contributed by atoms with Crippen LogP contribution < -0.4 is 0 Å². The van der Waals surface area contributed by atoms with E-state index in [1.165, 1.54) is 0 Å². The first-order valence-electron chi connectivity index (χ1n) is 4.24. The van der Waals surface area contributed by atoms with E-state index in [0.29, 0.717) is 11.3 Å². The van der Waals surface area contributed by atoms with Gasteiger partial charge in [-0.1, -0.05) is 0 Å². The molecule has 72 valence electrons. The van der Waals surface area contributed by atoms with E-state index in [0.717, 1.165) is 5.39 Å². The van der Waals surface area contributed by atoms with Crippen LogP contribution in [0, 0.1) is 0 Å². The third-order valence-corrected chi connectivity index (χ3v) is 2.18. The zero-order chi connectivity index (χ0) is 10.1. The molecule has 0 fully saturated rings. The summed E-state index contributed by atoms with van der Waals surface area (Å²) >= 11 is 0. The summed E-state index contributed by atoms with van der Waals surface area (Å²) in [4.78, 5) is 14.7. The van der Waals surface area contributed by atoms with Crippen LogP contribution >= 0.6 is 0 Å². The van der Waals surface area contributed by atoms with E-state index in [1.807, 2.05) is 0 Å². The Bertz CT molecular complexity index is 475. The molecule has 2 aromatic rings. The molecule has 4 heteroatoms. The second-order valence-electron chi connectivity index (χ2n) is 3.13. The van der Waals surface area contributed by atoms with Crippen LogP contribution in [0.2, 0.25) is 0 Å². The largest absolute Gasteiger partial charge is 0.481 e. The number of carboxylic acids is 1. The Morgan fingerprint density at radius 3 is 3.14 bits per heavy atom. The van der Waals surface area contributed by atoms with Gasteiger partial charge in [-0.05, 0) is 19.1 Å². The van der Waals surface area contributed by atoms with Gasteiger partial charge < -0.3 is 9.52 Å². The Hall–Kier alpha value is -1.84. The van der Waals surface area contributed by atoms with Crippen LogP contribution in [0.15, 0.2) is 29.0 Å². The van der Waals surface area contributed by atoms with Crippen molar-refractivity contribution in [2.24, 2.45) is 0 Å². The number of aliphatic carboxylic acids is 1. The van der Waals surface area contributed by atoms with Crippen LogP contribution in [0.5, 0.6) is 0 Å². The minimum atomic E-state index is -0.875. The molecule has 1 atom stereocenters. The Morgan fingerprint density at radius 2 is 2.43 bits per heavy atom. The molecule has 0 spiro atoms. The quantitative estimate of drug-likeness (QED) is 0.788.